The van der Waals surface area contributed by atoms with Gasteiger partial charge in [0.15, 0.2) is 0 Å². The van der Waals surface area contributed by atoms with E-state index in [1.165, 1.54) is 0 Å². The maximum Gasteiger partial charge on any atom is 0.139 e. The number of halogens is 1. The van der Waals surface area contributed by atoms with E-state index in [-0.39, 0.29) is 5.41 Å². The Labute approximate surface area is 113 Å². The van der Waals surface area contributed by atoms with Gasteiger partial charge in [-0.15, -0.1) is 11.8 Å². The predicted molar refractivity (Wildman–Crippen MR) is 72.4 cm³/mol. The molecule has 1 fully saturated rings. The number of nitrogens with two attached hydrogens (primary N) is 1. The van der Waals surface area contributed by atoms with E-state index >= 15 is 0 Å². The number of amidine groups is 1. The first-order valence-corrected chi connectivity index (χ1v) is 7.12. The molecule has 0 spiro atoms. The molecular formula is C11H14BrN3OS. The van der Waals surface area contributed by atoms with Gasteiger partial charge in [0, 0.05) is 22.8 Å². The lowest BCUT2D eigenvalue weighted by Gasteiger charge is -2.12. The standard InChI is InChI=1S/C11H14BrN3OS/c12-8-1-2-10(14-6-8)17-7-11(3-4-11)5-9(13)15-16/h1-2,6,16H,3-5,7H2,(H2,13,15). The van der Waals surface area contributed by atoms with Gasteiger partial charge in [-0.25, -0.2) is 4.98 Å². The summed E-state index contributed by atoms with van der Waals surface area (Å²) in [5.41, 5.74) is 5.77. The molecule has 0 amide bonds. The summed E-state index contributed by atoms with van der Waals surface area (Å²) in [6.07, 6.45) is 4.76. The van der Waals surface area contributed by atoms with E-state index in [9.17, 15) is 0 Å². The molecule has 6 heteroatoms. The topological polar surface area (TPSA) is 71.5 Å². The first-order valence-electron chi connectivity index (χ1n) is 5.34. The molecule has 0 aromatic carbocycles. The number of hydrogen-bond donors (Lipinski definition) is 2. The third-order valence-corrected chi connectivity index (χ3v) is 4.63. The van der Waals surface area contributed by atoms with E-state index in [1.807, 2.05) is 12.1 Å². The van der Waals surface area contributed by atoms with Crippen LogP contribution in [0.1, 0.15) is 19.3 Å². The van der Waals surface area contributed by atoms with Crippen LogP contribution in [0.15, 0.2) is 33.0 Å². The minimum Gasteiger partial charge on any atom is -0.409 e. The molecule has 2 rings (SSSR count). The van der Waals surface area contributed by atoms with E-state index in [2.05, 4.69) is 26.1 Å². The lowest BCUT2D eigenvalue weighted by molar-refractivity contribution is 0.315. The summed E-state index contributed by atoms with van der Waals surface area (Å²) in [5, 5.41) is 12.6. The lowest BCUT2D eigenvalue weighted by Crippen LogP contribution is -2.19. The molecule has 1 aliphatic carbocycles. The van der Waals surface area contributed by atoms with Crippen LogP contribution in [0.4, 0.5) is 0 Å². The molecule has 0 aliphatic heterocycles. The first-order chi connectivity index (χ1) is 8.13. The summed E-state index contributed by atoms with van der Waals surface area (Å²) in [5.74, 6) is 1.30. The van der Waals surface area contributed by atoms with Crippen molar-refractivity contribution in [3.05, 3.63) is 22.8 Å². The Morgan fingerprint density at radius 3 is 2.88 bits per heavy atom. The Morgan fingerprint density at radius 1 is 1.59 bits per heavy atom. The fraction of sp³-hybridized carbons (Fsp3) is 0.455. The molecule has 0 atom stereocenters. The van der Waals surface area contributed by atoms with E-state index in [0.717, 1.165) is 28.1 Å². The Kier molecular flexibility index (Phi) is 3.93. The van der Waals surface area contributed by atoms with E-state index < -0.39 is 0 Å². The molecule has 1 saturated carbocycles. The molecule has 92 valence electrons. The van der Waals surface area contributed by atoms with Crippen molar-refractivity contribution in [3.63, 3.8) is 0 Å². The molecule has 0 bridgehead atoms. The molecule has 17 heavy (non-hydrogen) atoms. The molecule has 1 aromatic heterocycles. The Bertz CT molecular complexity index is 417. The van der Waals surface area contributed by atoms with Gasteiger partial charge in [-0.2, -0.15) is 0 Å². The van der Waals surface area contributed by atoms with E-state index in [0.29, 0.717) is 12.3 Å². The average molecular weight is 316 g/mol. The molecule has 0 unspecified atom stereocenters. The Hall–Kier alpha value is -0.750. The second-order valence-corrected chi connectivity index (χ2v) is 6.28. The molecule has 3 N–H and O–H groups in total. The molecular weight excluding hydrogens is 302 g/mol. The zero-order chi connectivity index (χ0) is 12.3. The number of oxime groups is 1. The highest BCUT2D eigenvalue weighted by atomic mass is 79.9. The number of pyridine rings is 1. The van der Waals surface area contributed by atoms with Crippen LogP contribution < -0.4 is 5.73 Å². The number of nitrogens with zero attached hydrogens (tertiary/aromatic N) is 2. The molecule has 1 aliphatic rings. The van der Waals surface area contributed by atoms with Crippen LogP contribution >= 0.6 is 27.7 Å². The molecule has 4 nitrogen and oxygen atoms in total. The van der Waals surface area contributed by atoms with Gasteiger partial charge in [0.05, 0.1) is 5.03 Å². The summed E-state index contributed by atoms with van der Waals surface area (Å²) in [6.45, 7) is 0. The third kappa shape index (κ3) is 3.61. The second-order valence-electron chi connectivity index (χ2n) is 4.37. The first kappa shape index (κ1) is 12.7. The highest BCUT2D eigenvalue weighted by Crippen LogP contribution is 2.51. The van der Waals surface area contributed by atoms with Gasteiger partial charge in [-0.05, 0) is 46.3 Å². The van der Waals surface area contributed by atoms with Crippen molar-refractivity contribution in [1.82, 2.24) is 4.98 Å². The summed E-state index contributed by atoms with van der Waals surface area (Å²) in [4.78, 5) is 4.31. The van der Waals surface area contributed by atoms with Crippen LogP contribution in [-0.2, 0) is 0 Å². The molecule has 1 aromatic rings. The Balaban J connectivity index is 1.88. The van der Waals surface area contributed by atoms with E-state index in [4.69, 9.17) is 10.9 Å². The van der Waals surface area contributed by atoms with Crippen LogP contribution in [-0.4, -0.2) is 21.8 Å². The van der Waals surface area contributed by atoms with Crippen molar-refractivity contribution >= 4 is 33.5 Å². The van der Waals surface area contributed by atoms with Gasteiger partial charge in [0.2, 0.25) is 0 Å². The predicted octanol–water partition coefficient (Wildman–Crippen LogP) is 2.85. The summed E-state index contributed by atoms with van der Waals surface area (Å²) in [7, 11) is 0. The maximum atomic E-state index is 8.58. The minimum atomic E-state index is 0.218. The number of thioether (sulfide) groups is 1. The normalized spacial score (nSPS) is 18.1. The van der Waals surface area contributed by atoms with Gasteiger partial charge in [-0.1, -0.05) is 5.16 Å². The zero-order valence-electron chi connectivity index (χ0n) is 9.27. The minimum absolute atomic E-state index is 0.218. The summed E-state index contributed by atoms with van der Waals surface area (Å²) < 4.78 is 0.986. The molecule has 0 radical (unpaired) electrons. The second kappa shape index (κ2) is 5.27. The Morgan fingerprint density at radius 2 is 2.35 bits per heavy atom. The van der Waals surface area contributed by atoms with E-state index in [1.54, 1.807) is 18.0 Å². The maximum absolute atomic E-state index is 8.58. The average Bonchev–Trinajstić information content (AvgIpc) is 3.09. The van der Waals surface area contributed by atoms with Crippen LogP contribution in [0.25, 0.3) is 0 Å². The number of aromatic nitrogens is 1. The fourth-order valence-electron chi connectivity index (χ4n) is 1.64. The number of rotatable bonds is 5. The van der Waals surface area contributed by atoms with Crippen molar-refractivity contribution in [2.24, 2.45) is 16.3 Å². The van der Waals surface area contributed by atoms with Gasteiger partial charge in [0.25, 0.3) is 0 Å². The van der Waals surface area contributed by atoms with Gasteiger partial charge in [-0.3, -0.25) is 0 Å². The smallest absolute Gasteiger partial charge is 0.139 e. The summed E-state index contributed by atoms with van der Waals surface area (Å²) in [6, 6.07) is 3.98. The van der Waals surface area contributed by atoms with Gasteiger partial charge in [0.1, 0.15) is 5.84 Å². The highest BCUT2D eigenvalue weighted by Gasteiger charge is 2.43. The van der Waals surface area contributed by atoms with Crippen molar-refractivity contribution in [2.45, 2.75) is 24.3 Å². The largest absolute Gasteiger partial charge is 0.409 e. The van der Waals surface area contributed by atoms with Crippen molar-refractivity contribution in [3.8, 4) is 0 Å². The molecule has 0 saturated heterocycles. The van der Waals surface area contributed by atoms with Crippen LogP contribution in [0.3, 0.4) is 0 Å². The van der Waals surface area contributed by atoms with Crippen molar-refractivity contribution in [1.29, 1.82) is 0 Å². The highest BCUT2D eigenvalue weighted by molar-refractivity contribution is 9.10. The monoisotopic (exact) mass is 315 g/mol. The van der Waals surface area contributed by atoms with Gasteiger partial charge < -0.3 is 10.9 Å². The zero-order valence-corrected chi connectivity index (χ0v) is 11.7. The number of hydrogen-bond acceptors (Lipinski definition) is 4. The van der Waals surface area contributed by atoms with Crippen molar-refractivity contribution < 1.29 is 5.21 Å². The van der Waals surface area contributed by atoms with Crippen LogP contribution in [0, 0.1) is 5.41 Å². The van der Waals surface area contributed by atoms with Crippen molar-refractivity contribution in [2.75, 3.05) is 5.75 Å². The quantitative estimate of drug-likeness (QED) is 0.288. The lowest BCUT2D eigenvalue weighted by atomic mass is 10.1. The molecule has 1 heterocycles. The fourth-order valence-corrected chi connectivity index (χ4v) is 3.01. The van der Waals surface area contributed by atoms with Gasteiger partial charge >= 0.3 is 0 Å². The third-order valence-electron chi connectivity index (χ3n) is 2.87. The summed E-state index contributed by atoms with van der Waals surface area (Å²) >= 11 is 5.09. The van der Waals surface area contributed by atoms with Crippen LogP contribution in [0.5, 0.6) is 0 Å². The SMILES string of the molecule is NC(CC1(CSc2ccc(Br)cn2)CC1)=NO. The van der Waals surface area contributed by atoms with Crippen LogP contribution in [0.2, 0.25) is 0 Å².